The highest BCUT2D eigenvalue weighted by molar-refractivity contribution is 5.67. The van der Waals surface area contributed by atoms with Gasteiger partial charge in [0, 0.05) is 37.1 Å². The van der Waals surface area contributed by atoms with Gasteiger partial charge in [0.25, 0.3) is 0 Å². The van der Waals surface area contributed by atoms with Crippen LogP contribution in [-0.2, 0) is 0 Å². The standard InChI is InChI=1S/C18H25N3/c1-4-21(3)13-12-20-15(2)17-9-5-6-10-18(17)16-8-7-11-19-14-16/h5-11,14-15,20H,4,12-13H2,1-3H3. The lowest BCUT2D eigenvalue weighted by molar-refractivity contribution is 0.342. The lowest BCUT2D eigenvalue weighted by Crippen LogP contribution is -2.30. The van der Waals surface area contributed by atoms with Crippen LogP contribution in [0.5, 0.6) is 0 Å². The van der Waals surface area contributed by atoms with Gasteiger partial charge in [-0.25, -0.2) is 0 Å². The minimum atomic E-state index is 0.326. The van der Waals surface area contributed by atoms with Crippen molar-refractivity contribution < 1.29 is 0 Å². The van der Waals surface area contributed by atoms with Crippen molar-refractivity contribution in [3.05, 3.63) is 54.4 Å². The van der Waals surface area contributed by atoms with Gasteiger partial charge in [0.1, 0.15) is 0 Å². The van der Waals surface area contributed by atoms with Crippen molar-refractivity contribution in [1.29, 1.82) is 0 Å². The molecule has 0 bridgehead atoms. The SMILES string of the molecule is CCN(C)CCNC(C)c1ccccc1-c1cccnc1. The molecule has 0 amide bonds. The first-order valence-corrected chi connectivity index (χ1v) is 7.63. The minimum Gasteiger partial charge on any atom is -0.309 e. The first-order chi connectivity index (χ1) is 10.2. The van der Waals surface area contributed by atoms with Crippen molar-refractivity contribution in [2.45, 2.75) is 19.9 Å². The van der Waals surface area contributed by atoms with E-state index in [1.165, 1.54) is 16.7 Å². The molecule has 0 aliphatic rings. The summed E-state index contributed by atoms with van der Waals surface area (Å²) < 4.78 is 0. The molecule has 1 N–H and O–H groups in total. The Morgan fingerprint density at radius 2 is 2.00 bits per heavy atom. The summed E-state index contributed by atoms with van der Waals surface area (Å²) in [5.74, 6) is 0. The Hall–Kier alpha value is -1.71. The molecule has 1 aromatic carbocycles. The molecule has 0 spiro atoms. The van der Waals surface area contributed by atoms with Gasteiger partial charge in [-0.3, -0.25) is 4.98 Å². The minimum absolute atomic E-state index is 0.326. The number of rotatable bonds is 7. The molecule has 0 radical (unpaired) electrons. The zero-order chi connectivity index (χ0) is 15.1. The molecule has 2 rings (SSSR count). The van der Waals surface area contributed by atoms with Crippen LogP contribution in [0.4, 0.5) is 0 Å². The van der Waals surface area contributed by atoms with Crippen LogP contribution < -0.4 is 5.32 Å². The fourth-order valence-electron chi connectivity index (χ4n) is 2.40. The van der Waals surface area contributed by atoms with Crippen LogP contribution in [0.3, 0.4) is 0 Å². The smallest absolute Gasteiger partial charge is 0.0346 e. The number of nitrogens with zero attached hydrogens (tertiary/aromatic N) is 2. The molecule has 1 unspecified atom stereocenters. The van der Waals surface area contributed by atoms with E-state index in [2.05, 4.69) is 66.4 Å². The van der Waals surface area contributed by atoms with E-state index in [0.717, 1.165) is 19.6 Å². The molecule has 2 aromatic rings. The molecule has 0 saturated heterocycles. The van der Waals surface area contributed by atoms with Gasteiger partial charge in [-0.1, -0.05) is 37.3 Å². The number of pyridine rings is 1. The average Bonchev–Trinajstić information content (AvgIpc) is 2.55. The van der Waals surface area contributed by atoms with Gasteiger partial charge >= 0.3 is 0 Å². The zero-order valence-corrected chi connectivity index (χ0v) is 13.2. The largest absolute Gasteiger partial charge is 0.309 e. The molecule has 0 aliphatic heterocycles. The molecule has 21 heavy (non-hydrogen) atoms. The summed E-state index contributed by atoms with van der Waals surface area (Å²) in [6, 6.07) is 13.0. The first-order valence-electron chi connectivity index (χ1n) is 7.63. The van der Waals surface area contributed by atoms with Gasteiger partial charge in [-0.2, -0.15) is 0 Å². The Balaban J connectivity index is 2.09. The molecular formula is C18H25N3. The van der Waals surface area contributed by atoms with E-state index in [-0.39, 0.29) is 0 Å². The van der Waals surface area contributed by atoms with Crippen molar-refractivity contribution in [2.75, 3.05) is 26.7 Å². The van der Waals surface area contributed by atoms with Crippen LogP contribution in [0.2, 0.25) is 0 Å². The highest BCUT2D eigenvalue weighted by Gasteiger charge is 2.11. The summed E-state index contributed by atoms with van der Waals surface area (Å²) in [7, 11) is 2.15. The van der Waals surface area contributed by atoms with Gasteiger partial charge in [-0.05, 0) is 37.7 Å². The molecule has 1 atom stereocenters. The number of hydrogen-bond acceptors (Lipinski definition) is 3. The third-order valence-electron chi connectivity index (χ3n) is 3.88. The highest BCUT2D eigenvalue weighted by atomic mass is 15.1. The summed E-state index contributed by atoms with van der Waals surface area (Å²) in [6.07, 6.45) is 3.74. The van der Waals surface area contributed by atoms with Crippen LogP contribution in [-0.4, -0.2) is 36.6 Å². The van der Waals surface area contributed by atoms with E-state index in [0.29, 0.717) is 6.04 Å². The lowest BCUT2D eigenvalue weighted by atomic mass is 9.96. The molecular weight excluding hydrogens is 258 g/mol. The number of benzene rings is 1. The van der Waals surface area contributed by atoms with E-state index < -0.39 is 0 Å². The Kier molecular flexibility index (Phi) is 5.90. The fraction of sp³-hybridized carbons (Fsp3) is 0.389. The van der Waals surface area contributed by atoms with Gasteiger partial charge in [0.05, 0.1) is 0 Å². The van der Waals surface area contributed by atoms with E-state index in [1.807, 2.05) is 18.5 Å². The number of aromatic nitrogens is 1. The van der Waals surface area contributed by atoms with E-state index in [1.54, 1.807) is 0 Å². The maximum Gasteiger partial charge on any atom is 0.0346 e. The van der Waals surface area contributed by atoms with Gasteiger partial charge in [0.15, 0.2) is 0 Å². The molecule has 112 valence electrons. The van der Waals surface area contributed by atoms with Crippen molar-refractivity contribution in [1.82, 2.24) is 15.2 Å². The molecule has 0 aliphatic carbocycles. The zero-order valence-electron chi connectivity index (χ0n) is 13.2. The van der Waals surface area contributed by atoms with Crippen LogP contribution in [0.25, 0.3) is 11.1 Å². The van der Waals surface area contributed by atoms with Crippen LogP contribution in [0.1, 0.15) is 25.5 Å². The Morgan fingerprint density at radius 1 is 1.19 bits per heavy atom. The molecule has 3 nitrogen and oxygen atoms in total. The summed E-state index contributed by atoms with van der Waals surface area (Å²) in [4.78, 5) is 6.54. The van der Waals surface area contributed by atoms with Gasteiger partial charge in [-0.15, -0.1) is 0 Å². The van der Waals surface area contributed by atoms with Gasteiger partial charge in [0.2, 0.25) is 0 Å². The van der Waals surface area contributed by atoms with E-state index >= 15 is 0 Å². The topological polar surface area (TPSA) is 28.2 Å². The number of nitrogens with one attached hydrogen (secondary N) is 1. The van der Waals surface area contributed by atoms with Crippen LogP contribution >= 0.6 is 0 Å². The average molecular weight is 283 g/mol. The number of likely N-dealkylation sites (N-methyl/N-ethyl adjacent to an activating group) is 1. The fourth-order valence-corrected chi connectivity index (χ4v) is 2.40. The Bertz CT molecular complexity index is 539. The summed E-state index contributed by atoms with van der Waals surface area (Å²) in [5, 5.41) is 3.61. The predicted octanol–water partition coefficient (Wildman–Crippen LogP) is 3.35. The summed E-state index contributed by atoms with van der Waals surface area (Å²) >= 11 is 0. The first kappa shape index (κ1) is 15.7. The highest BCUT2D eigenvalue weighted by Crippen LogP contribution is 2.27. The van der Waals surface area contributed by atoms with E-state index in [4.69, 9.17) is 0 Å². The Morgan fingerprint density at radius 3 is 2.71 bits per heavy atom. The monoisotopic (exact) mass is 283 g/mol. The molecule has 1 aromatic heterocycles. The Labute approximate surface area is 128 Å². The second-order valence-corrected chi connectivity index (χ2v) is 5.40. The summed E-state index contributed by atoms with van der Waals surface area (Å²) in [5.41, 5.74) is 3.76. The quantitative estimate of drug-likeness (QED) is 0.844. The molecule has 0 saturated carbocycles. The van der Waals surface area contributed by atoms with Crippen molar-refractivity contribution in [3.8, 4) is 11.1 Å². The molecule has 3 heteroatoms. The van der Waals surface area contributed by atoms with Crippen molar-refractivity contribution in [2.24, 2.45) is 0 Å². The molecule has 1 heterocycles. The molecule has 0 fully saturated rings. The number of hydrogen-bond donors (Lipinski definition) is 1. The van der Waals surface area contributed by atoms with Crippen LogP contribution in [0.15, 0.2) is 48.8 Å². The van der Waals surface area contributed by atoms with E-state index in [9.17, 15) is 0 Å². The second kappa shape index (κ2) is 7.91. The lowest BCUT2D eigenvalue weighted by Gasteiger charge is -2.20. The van der Waals surface area contributed by atoms with Crippen LogP contribution in [0, 0.1) is 0 Å². The van der Waals surface area contributed by atoms with Crippen molar-refractivity contribution in [3.63, 3.8) is 0 Å². The van der Waals surface area contributed by atoms with Crippen molar-refractivity contribution >= 4 is 0 Å². The summed E-state index contributed by atoms with van der Waals surface area (Å²) in [6.45, 7) is 7.55. The third kappa shape index (κ3) is 4.38. The normalized spacial score (nSPS) is 12.6. The van der Waals surface area contributed by atoms with Gasteiger partial charge < -0.3 is 10.2 Å². The third-order valence-corrected chi connectivity index (χ3v) is 3.88. The maximum absolute atomic E-state index is 4.23. The second-order valence-electron chi connectivity index (χ2n) is 5.40. The predicted molar refractivity (Wildman–Crippen MR) is 89.3 cm³/mol. The maximum atomic E-state index is 4.23.